The zero-order valence-electron chi connectivity index (χ0n) is 14.2. The van der Waals surface area contributed by atoms with Crippen LogP contribution in [-0.4, -0.2) is 44.7 Å². The third kappa shape index (κ3) is 5.00. The summed E-state index contributed by atoms with van der Waals surface area (Å²) in [5.41, 5.74) is 1.52. The third-order valence-corrected chi connectivity index (χ3v) is 3.55. The van der Waals surface area contributed by atoms with Gasteiger partial charge in [-0.15, -0.1) is 0 Å². The van der Waals surface area contributed by atoms with E-state index in [1.807, 2.05) is 11.5 Å². The molecule has 130 valence electrons. The SMILES string of the molecule is CCc1ncc2ncn(CCC(COC(C)=O)COC(C)=O)c2n1. The quantitative estimate of drug-likeness (QED) is 0.675. The van der Waals surface area contributed by atoms with E-state index < -0.39 is 0 Å². The first-order chi connectivity index (χ1) is 11.5. The molecule has 0 amide bonds. The maximum atomic E-state index is 11.0. The van der Waals surface area contributed by atoms with E-state index in [2.05, 4.69) is 15.0 Å². The number of imidazole rings is 1. The number of nitrogens with zero attached hydrogens (tertiary/aromatic N) is 4. The Labute approximate surface area is 140 Å². The Bertz CT molecular complexity index is 695. The normalized spacial score (nSPS) is 11.0. The number of aryl methyl sites for hydroxylation is 2. The highest BCUT2D eigenvalue weighted by Gasteiger charge is 2.14. The Morgan fingerprint density at radius 3 is 2.42 bits per heavy atom. The van der Waals surface area contributed by atoms with Gasteiger partial charge in [-0.25, -0.2) is 15.0 Å². The zero-order chi connectivity index (χ0) is 17.5. The standard InChI is InChI=1S/C16H22N4O4/c1-4-15-17-7-14-16(19-15)20(10-18-14)6-5-13(8-23-11(2)21)9-24-12(3)22/h7,10,13H,4-6,8-9H2,1-3H3. The number of carbonyl (C=O) groups is 2. The lowest BCUT2D eigenvalue weighted by molar-refractivity contribution is -0.146. The van der Waals surface area contributed by atoms with Crippen LogP contribution in [0.15, 0.2) is 12.5 Å². The van der Waals surface area contributed by atoms with Crippen LogP contribution in [0.1, 0.15) is 33.0 Å². The summed E-state index contributed by atoms with van der Waals surface area (Å²) in [6.07, 6.45) is 4.85. The monoisotopic (exact) mass is 334 g/mol. The molecule has 0 saturated heterocycles. The second kappa shape index (κ2) is 8.37. The van der Waals surface area contributed by atoms with Crippen molar-refractivity contribution in [3.63, 3.8) is 0 Å². The average Bonchev–Trinajstić information content (AvgIpc) is 2.95. The molecule has 0 N–H and O–H groups in total. The lowest BCUT2D eigenvalue weighted by Crippen LogP contribution is -2.21. The second-order valence-corrected chi connectivity index (χ2v) is 5.55. The second-order valence-electron chi connectivity index (χ2n) is 5.55. The van der Waals surface area contributed by atoms with E-state index >= 15 is 0 Å². The smallest absolute Gasteiger partial charge is 0.302 e. The van der Waals surface area contributed by atoms with Crippen molar-refractivity contribution in [2.45, 2.75) is 40.2 Å². The first-order valence-electron chi connectivity index (χ1n) is 7.93. The molecule has 2 heterocycles. The van der Waals surface area contributed by atoms with Crippen LogP contribution >= 0.6 is 0 Å². The lowest BCUT2D eigenvalue weighted by atomic mass is 10.1. The highest BCUT2D eigenvalue weighted by molar-refractivity contribution is 5.69. The molecule has 0 saturated carbocycles. The van der Waals surface area contributed by atoms with Crippen molar-refractivity contribution in [2.24, 2.45) is 5.92 Å². The molecule has 2 rings (SSSR count). The van der Waals surface area contributed by atoms with Gasteiger partial charge in [0.25, 0.3) is 0 Å². The minimum Gasteiger partial charge on any atom is -0.465 e. The number of aromatic nitrogens is 4. The molecule has 24 heavy (non-hydrogen) atoms. The predicted octanol–water partition coefficient (Wildman–Crippen LogP) is 1.52. The van der Waals surface area contributed by atoms with Crippen molar-refractivity contribution in [1.82, 2.24) is 19.5 Å². The van der Waals surface area contributed by atoms with E-state index in [0.717, 1.165) is 23.4 Å². The Morgan fingerprint density at radius 1 is 1.17 bits per heavy atom. The summed E-state index contributed by atoms with van der Waals surface area (Å²) in [6.45, 7) is 5.76. The third-order valence-electron chi connectivity index (χ3n) is 3.55. The fraction of sp³-hybridized carbons (Fsp3) is 0.562. The molecule has 2 aromatic rings. The molecule has 0 aliphatic carbocycles. The van der Waals surface area contributed by atoms with Crippen molar-refractivity contribution in [3.05, 3.63) is 18.3 Å². The van der Waals surface area contributed by atoms with Gasteiger partial charge < -0.3 is 14.0 Å². The molecule has 0 bridgehead atoms. The van der Waals surface area contributed by atoms with Crippen LogP contribution in [0.3, 0.4) is 0 Å². The maximum absolute atomic E-state index is 11.0. The minimum absolute atomic E-state index is 0.0808. The predicted molar refractivity (Wildman–Crippen MR) is 86.1 cm³/mol. The minimum atomic E-state index is -0.351. The van der Waals surface area contributed by atoms with E-state index in [1.165, 1.54) is 13.8 Å². The Morgan fingerprint density at radius 2 is 1.83 bits per heavy atom. The molecule has 0 aliphatic heterocycles. The topological polar surface area (TPSA) is 96.2 Å². The van der Waals surface area contributed by atoms with Crippen LogP contribution in [0, 0.1) is 5.92 Å². The first kappa shape index (κ1) is 17.8. The van der Waals surface area contributed by atoms with Crippen molar-refractivity contribution < 1.29 is 19.1 Å². The number of hydrogen-bond donors (Lipinski definition) is 0. The Balaban J connectivity index is 2.04. The number of hydrogen-bond acceptors (Lipinski definition) is 7. The molecular weight excluding hydrogens is 312 g/mol. The Kier molecular flexibility index (Phi) is 6.22. The number of rotatable bonds is 8. The molecule has 0 aliphatic rings. The van der Waals surface area contributed by atoms with Crippen molar-refractivity contribution in [1.29, 1.82) is 0 Å². The van der Waals surface area contributed by atoms with Gasteiger partial charge in [0.15, 0.2) is 5.65 Å². The van der Waals surface area contributed by atoms with Gasteiger partial charge in [-0.1, -0.05) is 6.92 Å². The summed E-state index contributed by atoms with van der Waals surface area (Å²) in [5.74, 6) is -0.0178. The van der Waals surface area contributed by atoms with Gasteiger partial charge in [-0.2, -0.15) is 0 Å². The van der Waals surface area contributed by atoms with E-state index in [1.54, 1.807) is 12.5 Å². The summed E-state index contributed by atoms with van der Waals surface area (Å²) in [5, 5.41) is 0. The number of fused-ring (bicyclic) bond motifs is 1. The van der Waals surface area contributed by atoms with Crippen molar-refractivity contribution >= 4 is 23.1 Å². The molecule has 0 atom stereocenters. The van der Waals surface area contributed by atoms with Crippen LogP contribution in [0.25, 0.3) is 11.2 Å². The number of carbonyl (C=O) groups excluding carboxylic acids is 2. The van der Waals surface area contributed by atoms with Gasteiger partial charge in [0.05, 0.1) is 25.7 Å². The van der Waals surface area contributed by atoms with E-state index in [0.29, 0.717) is 13.0 Å². The van der Waals surface area contributed by atoms with Crippen LogP contribution in [0.5, 0.6) is 0 Å². The summed E-state index contributed by atoms with van der Waals surface area (Å²) in [7, 11) is 0. The maximum Gasteiger partial charge on any atom is 0.302 e. The zero-order valence-corrected chi connectivity index (χ0v) is 14.2. The fourth-order valence-corrected chi connectivity index (χ4v) is 2.23. The van der Waals surface area contributed by atoms with Crippen LogP contribution < -0.4 is 0 Å². The summed E-state index contributed by atoms with van der Waals surface area (Å²) < 4.78 is 12.0. The number of ether oxygens (including phenoxy) is 2. The molecular formula is C16H22N4O4. The number of esters is 2. The average molecular weight is 334 g/mol. The molecule has 0 radical (unpaired) electrons. The van der Waals surface area contributed by atoms with E-state index in [4.69, 9.17) is 9.47 Å². The highest BCUT2D eigenvalue weighted by Crippen LogP contribution is 2.13. The van der Waals surface area contributed by atoms with Crippen molar-refractivity contribution in [2.75, 3.05) is 13.2 Å². The largest absolute Gasteiger partial charge is 0.465 e. The van der Waals surface area contributed by atoms with Gasteiger partial charge in [0, 0.05) is 32.7 Å². The van der Waals surface area contributed by atoms with Gasteiger partial charge in [-0.3, -0.25) is 9.59 Å². The summed E-state index contributed by atoms with van der Waals surface area (Å²) in [4.78, 5) is 35.0. The van der Waals surface area contributed by atoms with Gasteiger partial charge in [0.2, 0.25) is 0 Å². The van der Waals surface area contributed by atoms with Crippen molar-refractivity contribution in [3.8, 4) is 0 Å². The molecule has 0 unspecified atom stereocenters. The lowest BCUT2D eigenvalue weighted by Gasteiger charge is -2.16. The van der Waals surface area contributed by atoms with E-state index in [-0.39, 0.29) is 31.1 Å². The molecule has 0 fully saturated rings. The Hall–Kier alpha value is -2.51. The van der Waals surface area contributed by atoms with Crippen LogP contribution in [0.4, 0.5) is 0 Å². The first-order valence-corrected chi connectivity index (χ1v) is 7.93. The van der Waals surface area contributed by atoms with Crippen LogP contribution in [0.2, 0.25) is 0 Å². The van der Waals surface area contributed by atoms with Crippen LogP contribution in [-0.2, 0) is 32.0 Å². The molecule has 8 heteroatoms. The summed E-state index contributed by atoms with van der Waals surface area (Å²) >= 11 is 0. The van der Waals surface area contributed by atoms with Gasteiger partial charge in [-0.05, 0) is 6.42 Å². The summed E-state index contributed by atoms with van der Waals surface area (Å²) in [6, 6.07) is 0. The molecule has 8 nitrogen and oxygen atoms in total. The highest BCUT2D eigenvalue weighted by atomic mass is 16.5. The molecule has 2 aromatic heterocycles. The van der Waals surface area contributed by atoms with Gasteiger partial charge >= 0.3 is 11.9 Å². The molecule has 0 spiro atoms. The van der Waals surface area contributed by atoms with E-state index in [9.17, 15) is 9.59 Å². The van der Waals surface area contributed by atoms with Gasteiger partial charge in [0.1, 0.15) is 11.3 Å². The fourth-order valence-electron chi connectivity index (χ4n) is 2.23. The molecule has 0 aromatic carbocycles.